The Morgan fingerprint density at radius 3 is 1.20 bits per heavy atom. The number of likely N-dealkylation sites (N-methyl/N-ethyl adjacent to an activating group) is 3. The average molecular weight is 914 g/mol. The zero-order valence-corrected chi connectivity index (χ0v) is 45.5. The number of hydrogen-bond donors (Lipinski definition) is 1. The summed E-state index contributed by atoms with van der Waals surface area (Å²) in [7, 11) is 5.33. The van der Waals surface area contributed by atoms with Crippen molar-refractivity contribution < 1.29 is 16.8 Å². The van der Waals surface area contributed by atoms with Crippen LogP contribution in [0.3, 0.4) is 0 Å². The number of hydrogen-bond acceptors (Lipinski definition) is 13. The van der Waals surface area contributed by atoms with Crippen LogP contribution in [0.5, 0.6) is 0 Å². The van der Waals surface area contributed by atoms with Crippen LogP contribution in [0.25, 0.3) is 0 Å². The molecule has 0 bridgehead atoms. The maximum atomic E-state index is 11.0. The predicted octanol–water partition coefficient (Wildman–Crippen LogP) is 4.36. The summed E-state index contributed by atoms with van der Waals surface area (Å²) in [5.41, 5.74) is 0. The molecular weight excluding hydrogens is 809 g/mol. The summed E-state index contributed by atoms with van der Waals surface area (Å²) < 4.78 is 44.4. The normalized spacial score (nSPS) is 21.0. The molecule has 0 amide bonds. The highest BCUT2D eigenvalue weighted by Gasteiger charge is 2.30. The van der Waals surface area contributed by atoms with Gasteiger partial charge < -0.3 is 29.8 Å². The molecule has 4 rings (SSSR count). The van der Waals surface area contributed by atoms with E-state index < -0.39 is 26.1 Å². The van der Waals surface area contributed by atoms with Gasteiger partial charge in [0.2, 0.25) is 20.0 Å². The molecule has 0 saturated carbocycles. The van der Waals surface area contributed by atoms with Gasteiger partial charge in [-0.05, 0) is 150 Å². The highest BCUT2D eigenvalue weighted by molar-refractivity contribution is 8.03. The van der Waals surface area contributed by atoms with E-state index in [1.807, 2.05) is 7.05 Å². The van der Waals surface area contributed by atoms with E-state index in [0.29, 0.717) is 15.8 Å². The third-order valence-electron chi connectivity index (χ3n) is 12.2. The van der Waals surface area contributed by atoms with Crippen LogP contribution in [0, 0.1) is 0 Å². The van der Waals surface area contributed by atoms with Crippen molar-refractivity contribution in [2.75, 3.05) is 140 Å². The fourth-order valence-corrected chi connectivity index (χ4v) is 10.7. The molecule has 0 aromatic carbocycles. The molecule has 4 aliphatic rings. The number of piperazine rings is 2. The Hall–Kier alpha value is -0.500. The Morgan fingerprint density at radius 2 is 0.951 bits per heavy atom. The molecule has 0 aromatic rings. The van der Waals surface area contributed by atoms with Gasteiger partial charge in [-0.25, -0.2) is 16.8 Å². The Labute approximate surface area is 381 Å². The van der Waals surface area contributed by atoms with Crippen LogP contribution in [0.4, 0.5) is 0 Å². The summed E-state index contributed by atoms with van der Waals surface area (Å²) in [6.45, 7) is 44.0. The first-order valence-electron chi connectivity index (χ1n) is 23.6. The molecule has 0 aromatic heterocycles. The van der Waals surface area contributed by atoms with Crippen molar-refractivity contribution in [1.82, 2.24) is 48.2 Å². The summed E-state index contributed by atoms with van der Waals surface area (Å²) in [5, 5.41) is 3.03. The Bertz CT molecular complexity index is 1220. The Morgan fingerprint density at radius 1 is 0.574 bits per heavy atom. The standard InChI is InChI=1S/C13H27N3.2C9H20N2.C5H13NO4S2.C5H13N.C4H11N/c1-12(2)15-6-4-13(5-7-15)16-10-8-14(3)9-11-16;1-8(2)11-6-5-9(7-11)10(3)4;1-4-10-5-7-11(8-6-10)9(2)3;1-5(2)6(11(3,7)8)12(4,9)10;1-5(2)6(3)4;1-4(2)5-3/h12-13H,4-11H2,1-3H3;8-9H,5-7H2,1-4H3;9H,4-8H2,1-3H3;5H,1-4H3;5H,1-4H3;4-5H,1-3H3. The van der Waals surface area contributed by atoms with Gasteiger partial charge >= 0.3 is 0 Å². The van der Waals surface area contributed by atoms with Crippen molar-refractivity contribution in [2.45, 2.75) is 158 Å². The summed E-state index contributed by atoms with van der Waals surface area (Å²) in [6, 6.07) is 4.58. The minimum atomic E-state index is -3.68. The van der Waals surface area contributed by atoms with Crippen LogP contribution in [0.15, 0.2) is 0 Å². The first-order chi connectivity index (χ1) is 28.0. The summed E-state index contributed by atoms with van der Waals surface area (Å²) >= 11 is 0. The molecule has 0 radical (unpaired) electrons. The molecular formula is C45H104N10O4S2. The second kappa shape index (κ2) is 32.2. The van der Waals surface area contributed by atoms with Gasteiger partial charge in [-0.2, -0.15) is 0 Å². The van der Waals surface area contributed by atoms with E-state index in [1.165, 1.54) is 118 Å². The lowest BCUT2D eigenvalue weighted by Crippen LogP contribution is -2.53. The molecule has 14 nitrogen and oxygen atoms in total. The van der Waals surface area contributed by atoms with E-state index >= 15 is 0 Å². The van der Waals surface area contributed by atoms with Gasteiger partial charge in [0.1, 0.15) is 0 Å². The first kappa shape index (κ1) is 62.6. The molecule has 16 heteroatoms. The smallest absolute Gasteiger partial charge is 0.224 e. The van der Waals surface area contributed by atoms with Crippen LogP contribution in [0.2, 0.25) is 0 Å². The van der Waals surface area contributed by atoms with Crippen LogP contribution in [-0.4, -0.2) is 248 Å². The van der Waals surface area contributed by atoms with Crippen molar-refractivity contribution in [2.24, 2.45) is 0 Å². The lowest BCUT2D eigenvalue weighted by atomic mass is 10.0. The van der Waals surface area contributed by atoms with Gasteiger partial charge in [0.25, 0.3) is 0 Å². The van der Waals surface area contributed by atoms with E-state index in [1.54, 1.807) is 0 Å². The predicted molar refractivity (Wildman–Crippen MR) is 266 cm³/mol. The average Bonchev–Trinajstić information content (AvgIpc) is 3.67. The number of rotatable bonds is 11. The highest BCUT2D eigenvalue weighted by Crippen LogP contribution is 2.19. The van der Waals surface area contributed by atoms with Gasteiger partial charge in [0.05, 0.1) is 12.5 Å². The zero-order chi connectivity index (χ0) is 47.8. The van der Waals surface area contributed by atoms with Crippen LogP contribution < -0.4 is 5.32 Å². The quantitative estimate of drug-likeness (QED) is 0.318. The summed E-state index contributed by atoms with van der Waals surface area (Å²) in [6.07, 6.45) is 5.83. The number of piperidine rings is 1. The summed E-state index contributed by atoms with van der Waals surface area (Å²) in [5.74, 6) is 0. The molecule has 0 aliphatic carbocycles. The lowest BCUT2D eigenvalue weighted by molar-refractivity contribution is 0.0592. The highest BCUT2D eigenvalue weighted by atomic mass is 32.3. The van der Waals surface area contributed by atoms with E-state index in [-0.39, 0.29) is 0 Å². The van der Waals surface area contributed by atoms with Crippen molar-refractivity contribution >= 4 is 20.0 Å². The molecule has 4 saturated heterocycles. The van der Waals surface area contributed by atoms with Crippen molar-refractivity contribution in [3.05, 3.63) is 0 Å². The second-order valence-corrected chi connectivity index (χ2v) is 23.6. The van der Waals surface area contributed by atoms with Gasteiger partial charge in [-0.15, -0.1) is 0 Å². The fraction of sp³-hybridized carbons (Fsp3) is 1.00. The largest absolute Gasteiger partial charge is 0.318 e. The lowest BCUT2D eigenvalue weighted by Gasteiger charge is -2.43. The van der Waals surface area contributed by atoms with E-state index in [0.717, 1.165) is 42.7 Å². The van der Waals surface area contributed by atoms with Crippen molar-refractivity contribution in [3.8, 4) is 0 Å². The molecule has 1 N–H and O–H groups in total. The Kier molecular flexibility index (Phi) is 33.1. The molecule has 370 valence electrons. The monoisotopic (exact) mass is 913 g/mol. The van der Waals surface area contributed by atoms with Gasteiger partial charge in [0, 0.05) is 114 Å². The molecule has 1 unspecified atom stereocenters. The SMILES string of the molecule is CC(C)N(C)C.CC(C)N(S(C)(=O)=O)S(C)(=O)=O.CC(C)N1CCC(N(C)C)C1.CC(C)N1CCC(N2CCN(C)CC2)CC1.CCN1CCN(C(C)C)CC1.CNC(C)C. The van der Waals surface area contributed by atoms with Crippen molar-refractivity contribution in [1.29, 1.82) is 0 Å². The first-order valence-corrected chi connectivity index (χ1v) is 27.3. The van der Waals surface area contributed by atoms with Crippen LogP contribution >= 0.6 is 0 Å². The third-order valence-corrected chi connectivity index (χ3v) is 16.0. The Balaban J connectivity index is 0. The number of likely N-dealkylation sites (tertiary alicyclic amines) is 2. The maximum absolute atomic E-state index is 11.0. The van der Waals surface area contributed by atoms with Crippen LogP contribution in [0.1, 0.15) is 109 Å². The minimum absolute atomic E-state index is 0.486. The second-order valence-electron chi connectivity index (χ2n) is 19.6. The van der Waals surface area contributed by atoms with E-state index in [4.69, 9.17) is 0 Å². The maximum Gasteiger partial charge on any atom is 0.224 e. The molecule has 1 atom stereocenters. The summed E-state index contributed by atoms with van der Waals surface area (Å²) in [4.78, 5) is 19.9. The molecule has 61 heavy (non-hydrogen) atoms. The van der Waals surface area contributed by atoms with E-state index in [2.05, 4.69) is 156 Å². The molecule has 4 fully saturated rings. The number of sulfonamides is 2. The van der Waals surface area contributed by atoms with E-state index in [9.17, 15) is 16.8 Å². The van der Waals surface area contributed by atoms with Crippen LogP contribution in [-0.2, 0) is 20.0 Å². The fourth-order valence-electron chi connectivity index (χ4n) is 7.22. The van der Waals surface area contributed by atoms with Crippen molar-refractivity contribution in [3.63, 3.8) is 0 Å². The third kappa shape index (κ3) is 28.9. The van der Waals surface area contributed by atoms with Gasteiger partial charge in [-0.3, -0.25) is 14.7 Å². The van der Waals surface area contributed by atoms with Gasteiger partial charge in [0.15, 0.2) is 0 Å². The number of nitrogens with one attached hydrogen (secondary N) is 1. The molecule has 0 spiro atoms. The minimum Gasteiger partial charge on any atom is -0.318 e. The number of nitrogens with zero attached hydrogens (tertiary/aromatic N) is 9. The topological polar surface area (TPSA) is 109 Å². The molecule has 4 heterocycles. The molecule has 4 aliphatic heterocycles. The zero-order valence-electron chi connectivity index (χ0n) is 43.9. The van der Waals surface area contributed by atoms with Gasteiger partial charge in [-0.1, -0.05) is 24.5 Å².